The second kappa shape index (κ2) is 6.91. The molecule has 0 bridgehead atoms. The smallest absolute Gasteiger partial charge is 0.287 e. The number of carbonyl (C=O) groups excluding carboxylic acids is 1. The van der Waals surface area contributed by atoms with Crippen LogP contribution in [0.1, 0.15) is 48.3 Å². The Balaban J connectivity index is 1.66. The molecule has 2 heterocycles. The summed E-state index contributed by atoms with van der Waals surface area (Å²) >= 11 is 0. The molecule has 27 heavy (non-hydrogen) atoms. The lowest BCUT2D eigenvalue weighted by atomic mass is 10.0. The van der Waals surface area contributed by atoms with Crippen molar-refractivity contribution in [3.8, 4) is 0 Å². The molecule has 1 N–H and O–H groups in total. The highest BCUT2D eigenvalue weighted by Gasteiger charge is 2.25. The van der Waals surface area contributed by atoms with Crippen LogP contribution in [0.4, 0.5) is 0 Å². The van der Waals surface area contributed by atoms with Crippen LogP contribution in [0.15, 0.2) is 57.4 Å². The number of amides is 1. The van der Waals surface area contributed by atoms with Gasteiger partial charge < -0.3 is 14.2 Å². The second-order valence-corrected chi connectivity index (χ2v) is 7.23. The largest absolute Gasteiger partial charge is 0.451 e. The van der Waals surface area contributed by atoms with Gasteiger partial charge in [-0.1, -0.05) is 44.2 Å². The first-order chi connectivity index (χ1) is 13.0. The Hall–Kier alpha value is -3.08. The van der Waals surface area contributed by atoms with E-state index in [1.807, 2.05) is 55.5 Å². The Morgan fingerprint density at radius 2 is 1.74 bits per heavy atom. The summed E-state index contributed by atoms with van der Waals surface area (Å²) in [5.74, 6) is 0.965. The molecule has 0 unspecified atom stereocenters. The van der Waals surface area contributed by atoms with Gasteiger partial charge in [0.25, 0.3) is 5.91 Å². The van der Waals surface area contributed by atoms with E-state index in [0.717, 1.165) is 28.5 Å². The number of rotatable bonds is 5. The van der Waals surface area contributed by atoms with Crippen molar-refractivity contribution in [2.45, 2.75) is 33.2 Å². The van der Waals surface area contributed by atoms with E-state index in [0.29, 0.717) is 23.2 Å². The molecule has 2 aromatic heterocycles. The fraction of sp³-hybridized carbons (Fsp3) is 0.273. The average Bonchev–Trinajstić information content (AvgIpc) is 3.22. The molecule has 4 rings (SSSR count). The molecule has 4 aromatic rings. The molecule has 0 saturated carbocycles. The quantitative estimate of drug-likeness (QED) is 0.516. The minimum atomic E-state index is -0.322. The topological polar surface area (TPSA) is 68.3 Å². The molecule has 0 saturated heterocycles. The number of furan rings is 1. The third kappa shape index (κ3) is 3.33. The van der Waals surface area contributed by atoms with Crippen LogP contribution in [0, 0.1) is 12.8 Å². The van der Waals surface area contributed by atoms with Gasteiger partial charge in [0.05, 0.1) is 0 Å². The maximum atomic E-state index is 12.9. The number of aryl methyl sites for hydroxylation is 1. The maximum absolute atomic E-state index is 12.9. The van der Waals surface area contributed by atoms with Crippen molar-refractivity contribution < 1.29 is 13.6 Å². The van der Waals surface area contributed by atoms with Crippen LogP contribution in [-0.4, -0.2) is 10.9 Å². The number of nitrogens with one attached hydrogen (secondary N) is 1. The molecular formula is C22H22N2O3. The van der Waals surface area contributed by atoms with Gasteiger partial charge in [-0.3, -0.25) is 4.79 Å². The van der Waals surface area contributed by atoms with Gasteiger partial charge in [0.15, 0.2) is 11.3 Å². The second-order valence-electron chi connectivity index (χ2n) is 7.23. The van der Waals surface area contributed by atoms with Crippen molar-refractivity contribution >= 4 is 28.0 Å². The molecule has 2 aromatic carbocycles. The SMILES string of the molecule is Cc1c(C(=O)N[C@H](CC(C)C)c2nc3ccccc3o2)oc2ccccc12. The normalized spacial score (nSPS) is 12.7. The number of benzene rings is 2. The molecule has 0 aliphatic heterocycles. The van der Waals surface area contributed by atoms with E-state index < -0.39 is 0 Å². The molecule has 138 valence electrons. The monoisotopic (exact) mass is 362 g/mol. The first-order valence-corrected chi connectivity index (χ1v) is 9.17. The summed E-state index contributed by atoms with van der Waals surface area (Å²) in [4.78, 5) is 17.5. The van der Waals surface area contributed by atoms with Crippen LogP contribution in [0.5, 0.6) is 0 Å². The lowest BCUT2D eigenvalue weighted by molar-refractivity contribution is 0.0898. The number of hydrogen-bond donors (Lipinski definition) is 1. The minimum absolute atomic E-state index is 0.253. The zero-order valence-corrected chi connectivity index (χ0v) is 15.7. The van der Waals surface area contributed by atoms with Gasteiger partial charge in [0, 0.05) is 10.9 Å². The van der Waals surface area contributed by atoms with Gasteiger partial charge in [-0.05, 0) is 37.5 Å². The fourth-order valence-corrected chi connectivity index (χ4v) is 3.35. The Kier molecular flexibility index (Phi) is 4.44. The van der Waals surface area contributed by atoms with Crippen molar-refractivity contribution in [3.63, 3.8) is 0 Å². The molecule has 0 radical (unpaired) electrons. The molecule has 5 heteroatoms. The number of para-hydroxylation sites is 3. The summed E-state index contributed by atoms with van der Waals surface area (Å²) < 4.78 is 11.7. The summed E-state index contributed by atoms with van der Waals surface area (Å²) in [5, 5.41) is 4.00. The Morgan fingerprint density at radius 1 is 1.04 bits per heavy atom. The van der Waals surface area contributed by atoms with Crippen LogP contribution in [0.2, 0.25) is 0 Å². The first-order valence-electron chi connectivity index (χ1n) is 9.17. The van der Waals surface area contributed by atoms with Crippen molar-refractivity contribution in [2.24, 2.45) is 5.92 Å². The van der Waals surface area contributed by atoms with Gasteiger partial charge in [-0.25, -0.2) is 4.98 Å². The third-order valence-electron chi connectivity index (χ3n) is 4.67. The summed E-state index contributed by atoms with van der Waals surface area (Å²) in [6, 6.07) is 14.9. The lowest BCUT2D eigenvalue weighted by Crippen LogP contribution is -2.30. The molecule has 1 atom stereocenters. The van der Waals surface area contributed by atoms with Gasteiger partial charge in [0.1, 0.15) is 17.1 Å². The van der Waals surface area contributed by atoms with E-state index in [-0.39, 0.29) is 11.9 Å². The van der Waals surface area contributed by atoms with E-state index in [9.17, 15) is 4.79 Å². The number of nitrogens with zero attached hydrogens (tertiary/aromatic N) is 1. The number of carbonyl (C=O) groups is 1. The summed E-state index contributed by atoms with van der Waals surface area (Å²) in [5.41, 5.74) is 3.05. The fourth-order valence-electron chi connectivity index (χ4n) is 3.35. The van der Waals surface area contributed by atoms with Crippen LogP contribution in [-0.2, 0) is 0 Å². The van der Waals surface area contributed by atoms with Crippen LogP contribution < -0.4 is 5.32 Å². The highest BCUT2D eigenvalue weighted by atomic mass is 16.4. The summed E-state index contributed by atoms with van der Waals surface area (Å²) in [6.07, 6.45) is 0.720. The van der Waals surface area contributed by atoms with Crippen LogP contribution in [0.25, 0.3) is 22.1 Å². The van der Waals surface area contributed by atoms with Crippen molar-refractivity contribution in [3.05, 3.63) is 65.7 Å². The van der Waals surface area contributed by atoms with E-state index in [4.69, 9.17) is 8.83 Å². The standard InChI is InChI=1S/C22H22N2O3/c1-13(2)12-17(22-24-16-9-5-7-11-19(16)27-22)23-21(25)20-14(3)15-8-4-6-10-18(15)26-20/h4-11,13,17H,12H2,1-3H3,(H,23,25)/t17-/m1/s1. The molecule has 0 aliphatic carbocycles. The Bertz CT molecular complexity index is 1070. The Morgan fingerprint density at radius 3 is 2.44 bits per heavy atom. The summed E-state index contributed by atoms with van der Waals surface area (Å²) in [7, 11) is 0. The van der Waals surface area contributed by atoms with Crippen molar-refractivity contribution in [1.29, 1.82) is 0 Å². The number of fused-ring (bicyclic) bond motifs is 2. The zero-order chi connectivity index (χ0) is 19.0. The lowest BCUT2D eigenvalue weighted by Gasteiger charge is -2.17. The number of hydrogen-bond acceptors (Lipinski definition) is 4. The van der Waals surface area contributed by atoms with Gasteiger partial charge >= 0.3 is 0 Å². The number of oxazole rings is 1. The van der Waals surface area contributed by atoms with Crippen molar-refractivity contribution in [1.82, 2.24) is 10.3 Å². The van der Waals surface area contributed by atoms with Gasteiger partial charge in [0.2, 0.25) is 5.89 Å². The summed E-state index contributed by atoms with van der Waals surface area (Å²) in [6.45, 7) is 6.11. The average molecular weight is 362 g/mol. The first kappa shape index (κ1) is 17.3. The molecule has 0 spiro atoms. The molecular weight excluding hydrogens is 340 g/mol. The molecule has 0 fully saturated rings. The van der Waals surface area contributed by atoms with Crippen LogP contribution in [0.3, 0.4) is 0 Å². The van der Waals surface area contributed by atoms with E-state index in [1.165, 1.54) is 0 Å². The predicted octanol–water partition coefficient (Wildman–Crippen LogP) is 5.40. The maximum Gasteiger partial charge on any atom is 0.287 e. The third-order valence-corrected chi connectivity index (χ3v) is 4.67. The van der Waals surface area contributed by atoms with E-state index in [2.05, 4.69) is 24.1 Å². The van der Waals surface area contributed by atoms with E-state index >= 15 is 0 Å². The van der Waals surface area contributed by atoms with Gasteiger partial charge in [-0.2, -0.15) is 0 Å². The minimum Gasteiger partial charge on any atom is -0.451 e. The highest BCUT2D eigenvalue weighted by molar-refractivity contribution is 5.99. The Labute approximate surface area is 157 Å². The predicted molar refractivity (Wildman–Crippen MR) is 105 cm³/mol. The van der Waals surface area contributed by atoms with Crippen LogP contribution >= 0.6 is 0 Å². The van der Waals surface area contributed by atoms with Gasteiger partial charge in [-0.15, -0.1) is 0 Å². The molecule has 5 nitrogen and oxygen atoms in total. The number of aromatic nitrogens is 1. The zero-order valence-electron chi connectivity index (χ0n) is 15.7. The van der Waals surface area contributed by atoms with Crippen molar-refractivity contribution in [2.75, 3.05) is 0 Å². The molecule has 1 amide bonds. The molecule has 0 aliphatic rings. The highest BCUT2D eigenvalue weighted by Crippen LogP contribution is 2.28. The van der Waals surface area contributed by atoms with E-state index in [1.54, 1.807) is 0 Å².